The van der Waals surface area contributed by atoms with Crippen molar-refractivity contribution in [2.45, 2.75) is 13.8 Å². The van der Waals surface area contributed by atoms with Gasteiger partial charge in [0.2, 0.25) is 5.56 Å². The molecule has 3 aromatic rings. The van der Waals surface area contributed by atoms with Crippen molar-refractivity contribution >= 4 is 11.6 Å². The number of aromatic nitrogens is 1. The van der Waals surface area contributed by atoms with Gasteiger partial charge in [0.1, 0.15) is 0 Å². The zero-order chi connectivity index (χ0) is 18.0. The second-order valence-electron chi connectivity index (χ2n) is 6.17. The van der Waals surface area contributed by atoms with Gasteiger partial charge in [0.05, 0.1) is 0 Å². The Bertz CT molecular complexity index is 986. The van der Waals surface area contributed by atoms with E-state index in [-0.39, 0.29) is 11.5 Å². The Kier molecular flexibility index (Phi) is 4.52. The third kappa shape index (κ3) is 3.53. The number of aryl methyl sites for hydroxylation is 2. The number of hydrogen-bond acceptors (Lipinski definition) is 2. The Balaban J connectivity index is 1.93. The van der Waals surface area contributed by atoms with Crippen molar-refractivity contribution in [1.82, 2.24) is 4.57 Å². The highest BCUT2D eigenvalue weighted by molar-refractivity contribution is 6.05. The summed E-state index contributed by atoms with van der Waals surface area (Å²) in [6.07, 6.45) is 1.80. The maximum absolute atomic E-state index is 12.5. The van der Waals surface area contributed by atoms with Crippen LogP contribution in [0, 0.1) is 13.8 Å². The van der Waals surface area contributed by atoms with Gasteiger partial charge in [-0.3, -0.25) is 9.59 Å². The molecule has 0 radical (unpaired) electrons. The molecule has 0 spiro atoms. The molecule has 0 aliphatic rings. The van der Waals surface area contributed by atoms with E-state index in [0.717, 1.165) is 27.9 Å². The van der Waals surface area contributed by atoms with Crippen LogP contribution in [0.15, 0.2) is 65.6 Å². The number of carbonyl (C=O) groups excluding carboxylic acids is 1. The summed E-state index contributed by atoms with van der Waals surface area (Å²) in [5.74, 6) is -0.138. The molecule has 3 rings (SSSR count). The van der Waals surface area contributed by atoms with Crippen LogP contribution < -0.4 is 10.9 Å². The summed E-state index contributed by atoms with van der Waals surface area (Å²) in [7, 11) is 1.73. The summed E-state index contributed by atoms with van der Waals surface area (Å²) in [5.41, 5.74) is 5.33. The SMILES string of the molecule is Cc1ccc(C(=O)Nc2cccc(-c3ccc(=O)n(C)c3)c2C)cc1. The zero-order valence-corrected chi connectivity index (χ0v) is 14.5. The third-order valence-corrected chi connectivity index (χ3v) is 4.29. The molecule has 0 fully saturated rings. The number of hydrogen-bond donors (Lipinski definition) is 1. The summed E-state index contributed by atoms with van der Waals surface area (Å²) < 4.78 is 1.55. The molecule has 1 N–H and O–H groups in total. The van der Waals surface area contributed by atoms with Gasteiger partial charge >= 0.3 is 0 Å². The lowest BCUT2D eigenvalue weighted by Crippen LogP contribution is -2.14. The van der Waals surface area contributed by atoms with Gasteiger partial charge in [0, 0.05) is 30.6 Å². The molecule has 1 aromatic heterocycles. The van der Waals surface area contributed by atoms with E-state index in [0.29, 0.717) is 5.56 Å². The Hall–Kier alpha value is -3.14. The van der Waals surface area contributed by atoms with Gasteiger partial charge in [-0.15, -0.1) is 0 Å². The number of pyridine rings is 1. The number of benzene rings is 2. The van der Waals surface area contributed by atoms with E-state index in [1.165, 1.54) is 0 Å². The van der Waals surface area contributed by atoms with Crippen molar-refractivity contribution in [2.75, 3.05) is 5.32 Å². The average molecular weight is 332 g/mol. The molecule has 4 nitrogen and oxygen atoms in total. The van der Waals surface area contributed by atoms with E-state index in [9.17, 15) is 9.59 Å². The van der Waals surface area contributed by atoms with Crippen molar-refractivity contribution in [1.29, 1.82) is 0 Å². The average Bonchev–Trinajstić information content (AvgIpc) is 2.60. The number of carbonyl (C=O) groups is 1. The number of anilines is 1. The van der Waals surface area contributed by atoms with Gasteiger partial charge < -0.3 is 9.88 Å². The van der Waals surface area contributed by atoms with Crippen molar-refractivity contribution in [2.24, 2.45) is 7.05 Å². The van der Waals surface area contributed by atoms with Crippen molar-refractivity contribution in [3.05, 3.63) is 87.8 Å². The minimum absolute atomic E-state index is 0.0507. The predicted octanol–water partition coefficient (Wildman–Crippen LogP) is 3.92. The van der Waals surface area contributed by atoms with Gasteiger partial charge in [0.25, 0.3) is 5.91 Å². The Morgan fingerprint density at radius 1 is 0.960 bits per heavy atom. The largest absolute Gasteiger partial charge is 0.322 e. The molecule has 2 aromatic carbocycles. The molecule has 1 amide bonds. The first kappa shape index (κ1) is 16.7. The molecule has 0 saturated heterocycles. The summed E-state index contributed by atoms with van der Waals surface area (Å²) in [6, 6.07) is 16.6. The summed E-state index contributed by atoms with van der Waals surface area (Å²) in [5, 5.41) is 2.97. The van der Waals surface area contributed by atoms with Crippen LogP contribution in [0.1, 0.15) is 21.5 Å². The summed E-state index contributed by atoms with van der Waals surface area (Å²) in [6.45, 7) is 3.95. The fraction of sp³-hybridized carbons (Fsp3) is 0.143. The second-order valence-corrected chi connectivity index (χ2v) is 6.17. The third-order valence-electron chi connectivity index (χ3n) is 4.29. The lowest BCUT2D eigenvalue weighted by molar-refractivity contribution is 0.102. The molecule has 0 bridgehead atoms. The molecule has 1 heterocycles. The minimum atomic E-state index is -0.138. The van der Waals surface area contributed by atoms with E-state index < -0.39 is 0 Å². The first-order valence-corrected chi connectivity index (χ1v) is 8.10. The van der Waals surface area contributed by atoms with Gasteiger partial charge in [-0.05, 0) is 54.8 Å². The fourth-order valence-corrected chi connectivity index (χ4v) is 2.74. The van der Waals surface area contributed by atoms with Gasteiger partial charge in [0.15, 0.2) is 0 Å². The maximum Gasteiger partial charge on any atom is 0.255 e. The summed E-state index contributed by atoms with van der Waals surface area (Å²) >= 11 is 0. The molecule has 0 saturated carbocycles. The van der Waals surface area contributed by atoms with Crippen LogP contribution in [0.25, 0.3) is 11.1 Å². The highest BCUT2D eigenvalue weighted by Crippen LogP contribution is 2.28. The first-order chi connectivity index (χ1) is 12.0. The molecule has 0 unspecified atom stereocenters. The number of amides is 1. The first-order valence-electron chi connectivity index (χ1n) is 8.10. The van der Waals surface area contributed by atoms with Gasteiger partial charge in [-0.1, -0.05) is 29.8 Å². The monoisotopic (exact) mass is 332 g/mol. The van der Waals surface area contributed by atoms with E-state index in [4.69, 9.17) is 0 Å². The molecule has 126 valence electrons. The topological polar surface area (TPSA) is 51.1 Å². The molecular weight excluding hydrogens is 312 g/mol. The van der Waals surface area contributed by atoms with E-state index >= 15 is 0 Å². The van der Waals surface area contributed by atoms with Crippen molar-refractivity contribution < 1.29 is 4.79 Å². The van der Waals surface area contributed by atoms with Crippen LogP contribution in [0.3, 0.4) is 0 Å². The summed E-state index contributed by atoms with van der Waals surface area (Å²) in [4.78, 5) is 24.1. The molecule has 25 heavy (non-hydrogen) atoms. The maximum atomic E-state index is 12.5. The highest BCUT2D eigenvalue weighted by atomic mass is 16.1. The van der Waals surface area contributed by atoms with Crippen molar-refractivity contribution in [3.8, 4) is 11.1 Å². The standard InChI is InChI=1S/C21H20N2O2/c1-14-7-9-16(10-8-14)21(25)22-19-6-4-5-18(15(19)2)17-11-12-20(24)23(3)13-17/h4-13H,1-3H3,(H,22,25). The van der Waals surface area contributed by atoms with E-state index in [1.54, 1.807) is 29.9 Å². The minimum Gasteiger partial charge on any atom is -0.322 e. The molecular formula is C21H20N2O2. The van der Waals surface area contributed by atoms with Crippen LogP contribution in [0.4, 0.5) is 5.69 Å². The van der Waals surface area contributed by atoms with E-state index in [1.807, 2.05) is 56.3 Å². The van der Waals surface area contributed by atoms with Crippen LogP contribution in [0.2, 0.25) is 0 Å². The van der Waals surface area contributed by atoms with Gasteiger partial charge in [-0.25, -0.2) is 0 Å². The zero-order valence-electron chi connectivity index (χ0n) is 14.5. The number of nitrogens with one attached hydrogen (secondary N) is 1. The van der Waals surface area contributed by atoms with Crippen LogP contribution in [0.5, 0.6) is 0 Å². The highest BCUT2D eigenvalue weighted by Gasteiger charge is 2.11. The van der Waals surface area contributed by atoms with Gasteiger partial charge in [-0.2, -0.15) is 0 Å². The number of rotatable bonds is 3. The fourth-order valence-electron chi connectivity index (χ4n) is 2.74. The van der Waals surface area contributed by atoms with Crippen LogP contribution in [-0.4, -0.2) is 10.5 Å². The molecule has 0 aliphatic carbocycles. The van der Waals surface area contributed by atoms with Crippen LogP contribution in [-0.2, 0) is 7.05 Å². The Morgan fingerprint density at radius 2 is 1.68 bits per heavy atom. The number of nitrogens with zero attached hydrogens (tertiary/aromatic N) is 1. The second kappa shape index (κ2) is 6.77. The molecule has 0 aliphatic heterocycles. The normalized spacial score (nSPS) is 10.5. The van der Waals surface area contributed by atoms with Crippen molar-refractivity contribution in [3.63, 3.8) is 0 Å². The lowest BCUT2D eigenvalue weighted by Gasteiger charge is -2.13. The van der Waals surface area contributed by atoms with E-state index in [2.05, 4.69) is 5.32 Å². The molecule has 0 atom stereocenters. The Morgan fingerprint density at radius 3 is 2.36 bits per heavy atom. The van der Waals surface area contributed by atoms with Crippen LogP contribution >= 0.6 is 0 Å². The molecule has 4 heteroatoms. The predicted molar refractivity (Wildman–Crippen MR) is 101 cm³/mol. The quantitative estimate of drug-likeness (QED) is 0.790. The Labute approximate surface area is 146 Å². The lowest BCUT2D eigenvalue weighted by atomic mass is 10.0. The smallest absolute Gasteiger partial charge is 0.255 e.